The molecule has 1 fully saturated rings. The summed E-state index contributed by atoms with van der Waals surface area (Å²) in [6.07, 6.45) is 3.10. The lowest BCUT2D eigenvalue weighted by molar-refractivity contribution is 0.145. The zero-order valence-corrected chi connectivity index (χ0v) is 19.3. The van der Waals surface area contributed by atoms with E-state index in [4.69, 9.17) is 4.74 Å². The first-order chi connectivity index (χ1) is 16.9. The summed E-state index contributed by atoms with van der Waals surface area (Å²) in [5.41, 5.74) is -1.02. The highest BCUT2D eigenvalue weighted by atomic mass is 19.1. The molecule has 2 N–H and O–H groups in total. The van der Waals surface area contributed by atoms with E-state index in [1.54, 1.807) is 25.2 Å². The summed E-state index contributed by atoms with van der Waals surface area (Å²) in [6, 6.07) is 6.88. The highest BCUT2D eigenvalue weighted by Gasteiger charge is 2.32. The number of carbonyl (C=O) groups is 1. The highest BCUT2D eigenvalue weighted by Crippen LogP contribution is 2.33. The van der Waals surface area contributed by atoms with Crippen LogP contribution in [0.1, 0.15) is 43.9 Å². The number of nitrogens with zero attached hydrogens (tertiary/aromatic N) is 5. The van der Waals surface area contributed by atoms with Gasteiger partial charge in [0.1, 0.15) is 17.7 Å². The number of nitrogens with one attached hydrogen (secondary N) is 1. The van der Waals surface area contributed by atoms with Crippen molar-refractivity contribution in [3.63, 3.8) is 0 Å². The number of halogens is 2. The number of aliphatic hydroxyl groups is 1. The van der Waals surface area contributed by atoms with Crippen LogP contribution >= 0.6 is 0 Å². The van der Waals surface area contributed by atoms with Gasteiger partial charge in [0.05, 0.1) is 7.11 Å². The standard InChI is InChI=1S/C23H26F2N6O4/c1-26-21(32)16-13-15(11-12-19(16)35-2)29(14-7-4-3-5-8-14)22(33)31-23(34)30(27-28-31)20-17(24)9-6-10-18(20)25/h6,9-14,21,26,32H,3-5,7-8H2,1-2H3. The minimum atomic E-state index is -1.11. The Morgan fingerprint density at radius 3 is 2.49 bits per heavy atom. The van der Waals surface area contributed by atoms with E-state index < -0.39 is 35.3 Å². The number of hydrogen-bond donors (Lipinski definition) is 2. The first-order valence-corrected chi connectivity index (χ1v) is 11.2. The van der Waals surface area contributed by atoms with E-state index in [0.717, 1.165) is 37.5 Å². The van der Waals surface area contributed by atoms with E-state index in [0.29, 0.717) is 39.2 Å². The van der Waals surface area contributed by atoms with Crippen LogP contribution in [0, 0.1) is 11.6 Å². The van der Waals surface area contributed by atoms with Crippen molar-refractivity contribution < 1.29 is 23.4 Å². The fraction of sp³-hybridized carbons (Fsp3) is 0.391. The number of anilines is 1. The maximum atomic E-state index is 14.3. The lowest BCUT2D eigenvalue weighted by Gasteiger charge is -2.34. The molecule has 186 valence electrons. The van der Waals surface area contributed by atoms with Crippen molar-refractivity contribution in [1.82, 2.24) is 25.1 Å². The number of para-hydroxylation sites is 1. The molecule has 3 aromatic rings. The number of carbonyl (C=O) groups excluding carboxylic acids is 1. The van der Waals surface area contributed by atoms with Crippen LogP contribution in [0.3, 0.4) is 0 Å². The Balaban J connectivity index is 1.80. The van der Waals surface area contributed by atoms with E-state index in [1.807, 2.05) is 0 Å². The van der Waals surface area contributed by atoms with Gasteiger partial charge in [-0.1, -0.05) is 25.3 Å². The van der Waals surface area contributed by atoms with Crippen LogP contribution in [0.4, 0.5) is 19.3 Å². The first-order valence-electron chi connectivity index (χ1n) is 11.2. The fourth-order valence-electron chi connectivity index (χ4n) is 4.36. The first kappa shape index (κ1) is 24.5. The molecule has 1 aliphatic rings. The SMILES string of the molecule is CNC(O)c1cc(N(C(=O)n2nnn(-c3c(F)cccc3F)c2=O)C2CCCCC2)ccc1OC. The average Bonchev–Trinajstić information content (AvgIpc) is 3.25. The summed E-state index contributed by atoms with van der Waals surface area (Å²) in [5, 5.41) is 20.3. The van der Waals surface area contributed by atoms with Gasteiger partial charge in [-0.15, -0.1) is 4.68 Å². The molecule has 4 rings (SSSR count). The quantitative estimate of drug-likeness (QED) is 0.405. The number of rotatable bonds is 6. The van der Waals surface area contributed by atoms with Gasteiger partial charge in [0, 0.05) is 17.3 Å². The zero-order chi connectivity index (χ0) is 25.1. The molecule has 1 aromatic heterocycles. The number of hydrogen-bond acceptors (Lipinski definition) is 7. The van der Waals surface area contributed by atoms with Crippen molar-refractivity contribution >= 4 is 11.7 Å². The van der Waals surface area contributed by atoms with Crippen LogP contribution < -0.4 is 20.6 Å². The summed E-state index contributed by atoms with van der Waals surface area (Å²) < 4.78 is 34.7. The lowest BCUT2D eigenvalue weighted by Crippen LogP contribution is -2.47. The van der Waals surface area contributed by atoms with E-state index >= 15 is 0 Å². The molecule has 2 aromatic carbocycles. The Kier molecular flexibility index (Phi) is 7.22. The van der Waals surface area contributed by atoms with Crippen molar-refractivity contribution in [2.75, 3.05) is 19.1 Å². The van der Waals surface area contributed by atoms with Gasteiger partial charge >= 0.3 is 11.7 Å². The maximum absolute atomic E-state index is 14.3. The second-order valence-electron chi connectivity index (χ2n) is 8.22. The van der Waals surface area contributed by atoms with E-state index in [9.17, 15) is 23.5 Å². The second-order valence-corrected chi connectivity index (χ2v) is 8.22. The Hall–Kier alpha value is -3.64. The van der Waals surface area contributed by atoms with Gasteiger partial charge in [-0.05, 0) is 60.6 Å². The minimum absolute atomic E-state index is 0.258. The molecular weight excluding hydrogens is 462 g/mol. The molecule has 12 heteroatoms. The molecule has 1 aliphatic carbocycles. The number of ether oxygens (including phenoxy) is 1. The van der Waals surface area contributed by atoms with Gasteiger partial charge in [-0.3, -0.25) is 10.2 Å². The molecule has 0 saturated heterocycles. The van der Waals surface area contributed by atoms with Crippen molar-refractivity contribution in [3.05, 3.63) is 64.1 Å². The van der Waals surface area contributed by atoms with E-state index in [-0.39, 0.29) is 6.04 Å². The topological polar surface area (TPSA) is 115 Å². The van der Waals surface area contributed by atoms with Gasteiger partial charge < -0.3 is 9.84 Å². The van der Waals surface area contributed by atoms with Crippen molar-refractivity contribution in [2.24, 2.45) is 0 Å². The number of aromatic nitrogens is 4. The molecule has 0 bridgehead atoms. The average molecular weight is 488 g/mol. The van der Waals surface area contributed by atoms with Crippen LogP contribution in [0.5, 0.6) is 5.75 Å². The molecule has 35 heavy (non-hydrogen) atoms. The Labute approximate surface area is 199 Å². The van der Waals surface area contributed by atoms with Crippen LogP contribution in [-0.4, -0.2) is 51.1 Å². The second kappa shape index (κ2) is 10.3. The van der Waals surface area contributed by atoms with Crippen molar-refractivity contribution in [1.29, 1.82) is 0 Å². The normalized spacial score (nSPS) is 15.1. The van der Waals surface area contributed by atoms with Crippen molar-refractivity contribution in [3.8, 4) is 11.4 Å². The highest BCUT2D eigenvalue weighted by molar-refractivity contribution is 5.93. The molecule has 1 amide bonds. The van der Waals surface area contributed by atoms with Crippen LogP contribution in [-0.2, 0) is 0 Å². The maximum Gasteiger partial charge on any atom is 0.377 e. The third kappa shape index (κ3) is 4.66. The van der Waals surface area contributed by atoms with Gasteiger partial charge in [-0.2, -0.15) is 4.68 Å². The predicted molar refractivity (Wildman–Crippen MR) is 123 cm³/mol. The number of benzene rings is 2. The van der Waals surface area contributed by atoms with E-state index in [1.165, 1.54) is 12.0 Å². The van der Waals surface area contributed by atoms with E-state index in [2.05, 4.69) is 15.7 Å². The fourth-order valence-corrected chi connectivity index (χ4v) is 4.36. The van der Waals surface area contributed by atoms with Gasteiger partial charge in [0.2, 0.25) is 0 Å². The van der Waals surface area contributed by atoms with Crippen LogP contribution in [0.2, 0.25) is 0 Å². The van der Waals surface area contributed by atoms with Crippen molar-refractivity contribution in [2.45, 2.75) is 44.4 Å². The summed E-state index contributed by atoms with van der Waals surface area (Å²) in [4.78, 5) is 28.1. The van der Waals surface area contributed by atoms with Crippen LogP contribution in [0.15, 0.2) is 41.2 Å². The molecule has 1 heterocycles. The number of tetrazole rings is 1. The van der Waals surface area contributed by atoms with Gasteiger partial charge in [0.15, 0.2) is 11.6 Å². The number of aliphatic hydroxyl groups excluding tert-OH is 1. The molecule has 0 aliphatic heterocycles. The largest absolute Gasteiger partial charge is 0.496 e. The molecule has 0 radical (unpaired) electrons. The summed E-state index contributed by atoms with van der Waals surface area (Å²) in [5.74, 6) is -1.63. The number of methoxy groups -OCH3 is 1. The molecule has 10 nitrogen and oxygen atoms in total. The smallest absolute Gasteiger partial charge is 0.377 e. The molecule has 0 spiro atoms. The number of amides is 1. The summed E-state index contributed by atoms with van der Waals surface area (Å²) in [6.45, 7) is 0. The minimum Gasteiger partial charge on any atom is -0.496 e. The molecule has 1 saturated carbocycles. The molecule has 1 atom stereocenters. The Morgan fingerprint density at radius 1 is 1.17 bits per heavy atom. The Morgan fingerprint density at radius 2 is 1.86 bits per heavy atom. The summed E-state index contributed by atoms with van der Waals surface area (Å²) >= 11 is 0. The molecule has 1 unspecified atom stereocenters. The van der Waals surface area contributed by atoms with Crippen LogP contribution in [0.25, 0.3) is 5.69 Å². The summed E-state index contributed by atoms with van der Waals surface area (Å²) in [7, 11) is 3.03. The zero-order valence-electron chi connectivity index (χ0n) is 19.3. The predicted octanol–water partition coefficient (Wildman–Crippen LogP) is 2.73. The van der Waals surface area contributed by atoms with Gasteiger partial charge in [0.25, 0.3) is 0 Å². The Bertz CT molecular complexity index is 1250. The van der Waals surface area contributed by atoms with Gasteiger partial charge in [-0.25, -0.2) is 18.4 Å². The third-order valence-corrected chi connectivity index (χ3v) is 6.12. The molecular formula is C23H26F2N6O4. The third-order valence-electron chi connectivity index (χ3n) is 6.12. The lowest BCUT2D eigenvalue weighted by atomic mass is 9.93. The monoisotopic (exact) mass is 488 g/mol.